The van der Waals surface area contributed by atoms with E-state index >= 15 is 0 Å². The van der Waals surface area contributed by atoms with Gasteiger partial charge in [0.2, 0.25) is 0 Å². The van der Waals surface area contributed by atoms with Gasteiger partial charge in [-0.3, -0.25) is 0 Å². The normalized spacial score (nSPS) is 15.8. The first-order valence-electron chi connectivity index (χ1n) is 5.28. The van der Waals surface area contributed by atoms with Crippen molar-refractivity contribution in [3.05, 3.63) is 49.1 Å². The molecule has 0 radical (unpaired) electrons. The number of carbonyl (C=O) groups is 1. The molecule has 0 aliphatic carbocycles. The number of hydrogen-bond acceptors (Lipinski definition) is 2. The van der Waals surface area contributed by atoms with Crippen LogP contribution in [0.1, 0.15) is 6.42 Å². The third-order valence-corrected chi connectivity index (χ3v) is 2.27. The molecule has 0 atom stereocenters. The van der Waals surface area contributed by atoms with Gasteiger partial charge in [-0.2, -0.15) is 0 Å². The van der Waals surface area contributed by atoms with Crippen LogP contribution in [0.15, 0.2) is 49.1 Å². The molecule has 0 aromatic rings. The minimum Gasteiger partial charge on any atom is -0.445 e. The van der Waals surface area contributed by atoms with E-state index < -0.39 is 0 Å². The quantitative estimate of drug-likeness (QED) is 0.537. The number of allylic oxidation sites excluding steroid dienone is 2. The molecule has 0 unspecified atom stereocenters. The minimum absolute atomic E-state index is 0.245. The second kappa shape index (κ2) is 6.67. The molecule has 0 aromatic carbocycles. The summed E-state index contributed by atoms with van der Waals surface area (Å²) in [6.07, 6.45) is 9.73. The fraction of sp³-hybridized carbons (Fsp3) is 0.308. The molecule has 3 nitrogen and oxygen atoms in total. The fourth-order valence-corrected chi connectivity index (χ4v) is 1.37. The van der Waals surface area contributed by atoms with Gasteiger partial charge in [-0.05, 0) is 12.0 Å². The maximum atomic E-state index is 11.6. The Hall–Kier alpha value is -1.77. The van der Waals surface area contributed by atoms with E-state index in [4.69, 9.17) is 4.74 Å². The van der Waals surface area contributed by atoms with Crippen molar-refractivity contribution >= 4 is 6.09 Å². The van der Waals surface area contributed by atoms with Crippen LogP contribution in [0, 0.1) is 0 Å². The average molecular weight is 219 g/mol. The average Bonchev–Trinajstić information content (AvgIpc) is 2.35. The van der Waals surface area contributed by atoms with Crippen molar-refractivity contribution in [3.8, 4) is 0 Å². The van der Waals surface area contributed by atoms with E-state index in [9.17, 15) is 4.79 Å². The maximum absolute atomic E-state index is 11.6. The summed E-state index contributed by atoms with van der Waals surface area (Å²) in [4.78, 5) is 13.3. The van der Waals surface area contributed by atoms with Gasteiger partial charge in [0, 0.05) is 13.1 Å². The maximum Gasteiger partial charge on any atom is 0.410 e. The number of hydrogen-bond donors (Lipinski definition) is 0. The second-order valence-electron chi connectivity index (χ2n) is 3.44. The van der Waals surface area contributed by atoms with E-state index in [1.807, 2.05) is 6.08 Å². The molecule has 1 aliphatic heterocycles. The molecule has 1 amide bonds. The Balaban J connectivity index is 2.39. The molecule has 0 saturated heterocycles. The van der Waals surface area contributed by atoms with E-state index in [2.05, 4.69) is 19.2 Å². The summed E-state index contributed by atoms with van der Waals surface area (Å²) in [5.74, 6) is 0. The zero-order valence-electron chi connectivity index (χ0n) is 9.39. The molecule has 3 heteroatoms. The van der Waals surface area contributed by atoms with Crippen molar-refractivity contribution in [2.45, 2.75) is 6.42 Å². The molecule has 0 aromatic heterocycles. The predicted molar refractivity (Wildman–Crippen MR) is 65.2 cm³/mol. The highest BCUT2D eigenvalue weighted by Crippen LogP contribution is 2.05. The van der Waals surface area contributed by atoms with Crippen LogP contribution >= 0.6 is 0 Å². The number of nitrogens with zero attached hydrogens (tertiary/aromatic N) is 1. The van der Waals surface area contributed by atoms with Gasteiger partial charge < -0.3 is 9.64 Å². The lowest BCUT2D eigenvalue weighted by molar-refractivity contribution is 0.114. The third kappa shape index (κ3) is 3.77. The van der Waals surface area contributed by atoms with Crippen molar-refractivity contribution < 1.29 is 9.53 Å². The van der Waals surface area contributed by atoms with Crippen molar-refractivity contribution in [3.63, 3.8) is 0 Å². The van der Waals surface area contributed by atoms with Crippen LogP contribution < -0.4 is 0 Å². The molecular weight excluding hydrogens is 202 g/mol. The fourth-order valence-electron chi connectivity index (χ4n) is 1.37. The highest BCUT2D eigenvalue weighted by atomic mass is 16.6. The lowest BCUT2D eigenvalue weighted by atomic mass is 10.2. The highest BCUT2D eigenvalue weighted by Gasteiger charge is 2.14. The standard InChI is InChI=1S/C13H17NO2/c1-3-8-12(4-2)11-16-13(15)14-9-6-5-7-10-14/h3-6,8H,1-2,7,9-11H2/b12-8+. The molecule has 1 rings (SSSR count). The zero-order chi connectivity index (χ0) is 11.8. The zero-order valence-corrected chi connectivity index (χ0v) is 9.39. The predicted octanol–water partition coefficient (Wildman–Crippen LogP) is 2.68. The van der Waals surface area contributed by atoms with Crippen molar-refractivity contribution in [1.82, 2.24) is 4.90 Å². The van der Waals surface area contributed by atoms with E-state index in [1.54, 1.807) is 23.1 Å². The molecule has 0 fully saturated rings. The van der Waals surface area contributed by atoms with Gasteiger partial charge in [-0.25, -0.2) is 4.79 Å². The van der Waals surface area contributed by atoms with Gasteiger partial charge in [-0.15, -0.1) is 0 Å². The van der Waals surface area contributed by atoms with E-state index in [0.29, 0.717) is 6.54 Å². The van der Waals surface area contributed by atoms with E-state index in [0.717, 1.165) is 18.5 Å². The van der Waals surface area contributed by atoms with Gasteiger partial charge >= 0.3 is 6.09 Å². The molecule has 86 valence electrons. The van der Waals surface area contributed by atoms with Crippen LogP contribution in [0.2, 0.25) is 0 Å². The number of carbonyl (C=O) groups excluding carboxylic acids is 1. The van der Waals surface area contributed by atoms with Crippen molar-refractivity contribution in [1.29, 1.82) is 0 Å². The number of amides is 1. The van der Waals surface area contributed by atoms with Gasteiger partial charge in [0.15, 0.2) is 0 Å². The molecule has 1 heterocycles. The number of rotatable bonds is 4. The summed E-state index contributed by atoms with van der Waals surface area (Å²) in [7, 11) is 0. The third-order valence-electron chi connectivity index (χ3n) is 2.27. The van der Waals surface area contributed by atoms with Gasteiger partial charge in [0.1, 0.15) is 6.61 Å². The molecule has 0 N–H and O–H groups in total. The van der Waals surface area contributed by atoms with Gasteiger partial charge in [-0.1, -0.05) is 43.5 Å². The van der Waals surface area contributed by atoms with Gasteiger partial charge in [0.25, 0.3) is 0 Å². The smallest absolute Gasteiger partial charge is 0.410 e. The summed E-state index contributed by atoms with van der Waals surface area (Å²) >= 11 is 0. The van der Waals surface area contributed by atoms with Crippen LogP contribution in [-0.4, -0.2) is 30.7 Å². The van der Waals surface area contributed by atoms with E-state index in [-0.39, 0.29) is 12.7 Å². The molecule has 16 heavy (non-hydrogen) atoms. The first-order valence-corrected chi connectivity index (χ1v) is 5.28. The van der Waals surface area contributed by atoms with Crippen LogP contribution in [0.4, 0.5) is 4.79 Å². The summed E-state index contributed by atoms with van der Waals surface area (Å²) in [5.41, 5.74) is 0.843. The Morgan fingerprint density at radius 1 is 1.44 bits per heavy atom. The lowest BCUT2D eigenvalue weighted by Gasteiger charge is -2.22. The van der Waals surface area contributed by atoms with Gasteiger partial charge in [0.05, 0.1) is 0 Å². The summed E-state index contributed by atoms with van der Waals surface area (Å²) in [6.45, 7) is 8.82. The Morgan fingerprint density at radius 2 is 2.25 bits per heavy atom. The van der Waals surface area contributed by atoms with Crippen molar-refractivity contribution in [2.24, 2.45) is 0 Å². The highest BCUT2D eigenvalue weighted by molar-refractivity contribution is 5.68. The molecule has 0 spiro atoms. The molecule has 1 aliphatic rings. The van der Waals surface area contributed by atoms with E-state index in [1.165, 1.54) is 0 Å². The first kappa shape index (κ1) is 12.3. The van der Waals surface area contributed by atoms with Crippen LogP contribution in [-0.2, 0) is 4.74 Å². The minimum atomic E-state index is -0.277. The monoisotopic (exact) mass is 219 g/mol. The SMILES string of the molecule is C=C/C=C(\C=C)COC(=O)N1CC=CCC1. The number of ether oxygens (including phenoxy) is 1. The largest absolute Gasteiger partial charge is 0.445 e. The molecule has 0 saturated carbocycles. The summed E-state index contributed by atoms with van der Waals surface area (Å²) in [6, 6.07) is 0. The Labute approximate surface area is 96.4 Å². The Bertz CT molecular complexity index is 329. The Kier molecular flexibility index (Phi) is 5.12. The molecular formula is C13H17NO2. The van der Waals surface area contributed by atoms with Crippen molar-refractivity contribution in [2.75, 3.05) is 19.7 Å². The Morgan fingerprint density at radius 3 is 2.81 bits per heavy atom. The second-order valence-corrected chi connectivity index (χ2v) is 3.44. The van der Waals surface area contributed by atoms with Crippen LogP contribution in [0.3, 0.4) is 0 Å². The topological polar surface area (TPSA) is 29.5 Å². The van der Waals surface area contributed by atoms with Crippen LogP contribution in [0.25, 0.3) is 0 Å². The molecule has 0 bridgehead atoms. The summed E-state index contributed by atoms with van der Waals surface area (Å²) < 4.78 is 5.15. The van der Waals surface area contributed by atoms with Crippen LogP contribution in [0.5, 0.6) is 0 Å². The lowest BCUT2D eigenvalue weighted by Crippen LogP contribution is -2.34. The first-order chi connectivity index (χ1) is 7.77. The summed E-state index contributed by atoms with van der Waals surface area (Å²) in [5, 5.41) is 0.